The molecule has 0 aromatic carbocycles. The molecule has 0 saturated heterocycles. The molecule has 1 nitrogen and oxygen atoms in total. The van der Waals surface area contributed by atoms with E-state index >= 15 is 0 Å². The molecule has 112 valence electrons. The quantitative estimate of drug-likeness (QED) is 0.285. The van der Waals surface area contributed by atoms with Crippen molar-refractivity contribution in [1.29, 1.82) is 0 Å². The van der Waals surface area contributed by atoms with Crippen LogP contribution in [0.3, 0.4) is 0 Å². The molecule has 0 aliphatic carbocycles. The molecule has 0 rings (SSSR count). The van der Waals surface area contributed by atoms with E-state index in [1.54, 1.807) is 0 Å². The van der Waals surface area contributed by atoms with E-state index in [2.05, 4.69) is 26.8 Å². The maximum atomic E-state index is 12.1. The van der Waals surface area contributed by atoms with Gasteiger partial charge in [-0.1, -0.05) is 65.4 Å². The van der Waals surface area contributed by atoms with Gasteiger partial charge in [-0.15, -0.1) is 0 Å². The number of carbonyl (C=O) groups is 1. The van der Waals surface area contributed by atoms with Crippen molar-refractivity contribution in [1.82, 2.24) is 0 Å². The minimum absolute atomic E-state index is 0.398. The second-order valence-electron chi connectivity index (χ2n) is 5.56. The summed E-state index contributed by atoms with van der Waals surface area (Å²) in [5, 5.41) is 0. The lowest BCUT2D eigenvalue weighted by Gasteiger charge is -2.06. The van der Waals surface area contributed by atoms with E-state index in [9.17, 15) is 4.79 Å². The molecule has 0 amide bonds. The fraction of sp³-hybridized carbons (Fsp3) is 0.833. The summed E-state index contributed by atoms with van der Waals surface area (Å²) in [6.07, 6.45) is 16.2. The van der Waals surface area contributed by atoms with Crippen LogP contribution in [0, 0.1) is 0 Å². The number of unbranched alkanes of at least 4 members (excludes halogenated alkanes) is 7. The van der Waals surface area contributed by atoms with Gasteiger partial charge in [0.1, 0.15) is 0 Å². The van der Waals surface area contributed by atoms with Crippen molar-refractivity contribution < 1.29 is 4.79 Å². The molecular weight excluding hydrogens is 232 g/mol. The molecular formula is C18H34O. The van der Waals surface area contributed by atoms with Gasteiger partial charge >= 0.3 is 0 Å². The lowest BCUT2D eigenvalue weighted by Crippen LogP contribution is -2.02. The maximum absolute atomic E-state index is 12.1. The Morgan fingerprint density at radius 1 is 0.737 bits per heavy atom. The minimum Gasteiger partial charge on any atom is -0.295 e. The Morgan fingerprint density at radius 3 is 1.95 bits per heavy atom. The van der Waals surface area contributed by atoms with Crippen LogP contribution in [0.15, 0.2) is 11.6 Å². The summed E-state index contributed by atoms with van der Waals surface area (Å²) in [6.45, 7) is 6.56. The van der Waals surface area contributed by atoms with Crippen molar-refractivity contribution in [3.8, 4) is 0 Å². The number of hydrogen-bond acceptors (Lipinski definition) is 1. The lowest BCUT2D eigenvalue weighted by atomic mass is 9.98. The number of hydrogen-bond donors (Lipinski definition) is 0. The number of allylic oxidation sites excluding steroid dienone is 2. The average Bonchev–Trinajstić information content (AvgIpc) is 2.41. The fourth-order valence-electron chi connectivity index (χ4n) is 2.33. The van der Waals surface area contributed by atoms with Gasteiger partial charge in [0.05, 0.1) is 0 Å². The number of ketones is 1. The van der Waals surface area contributed by atoms with E-state index in [1.807, 2.05) is 0 Å². The van der Waals surface area contributed by atoms with Crippen LogP contribution < -0.4 is 0 Å². The Balaban J connectivity index is 4.08. The van der Waals surface area contributed by atoms with Crippen LogP contribution in [0.2, 0.25) is 0 Å². The van der Waals surface area contributed by atoms with E-state index < -0.39 is 0 Å². The van der Waals surface area contributed by atoms with Crippen LogP contribution in [0.1, 0.15) is 97.8 Å². The normalized spacial score (nSPS) is 11.8. The van der Waals surface area contributed by atoms with Gasteiger partial charge in [0, 0.05) is 6.42 Å². The van der Waals surface area contributed by atoms with Gasteiger partial charge < -0.3 is 0 Å². The molecule has 0 atom stereocenters. The summed E-state index contributed by atoms with van der Waals surface area (Å²) >= 11 is 0. The highest BCUT2D eigenvalue weighted by Crippen LogP contribution is 2.16. The molecule has 1 heteroatoms. The summed E-state index contributed by atoms with van der Waals surface area (Å²) in [7, 11) is 0. The monoisotopic (exact) mass is 266 g/mol. The highest BCUT2D eigenvalue weighted by Gasteiger charge is 2.07. The SMILES string of the molecule is CCCCCC/C=C(\CCCCCC)C(=O)CCC. The van der Waals surface area contributed by atoms with Gasteiger partial charge in [0.2, 0.25) is 0 Å². The first-order valence-electron chi connectivity index (χ1n) is 8.48. The third-order valence-electron chi connectivity index (χ3n) is 3.58. The summed E-state index contributed by atoms with van der Waals surface area (Å²) in [4.78, 5) is 12.1. The van der Waals surface area contributed by atoms with Crippen molar-refractivity contribution in [3.05, 3.63) is 11.6 Å². The Kier molecular flexibility index (Phi) is 13.4. The van der Waals surface area contributed by atoms with Crippen LogP contribution in [0.25, 0.3) is 0 Å². The summed E-state index contributed by atoms with van der Waals surface area (Å²) in [6, 6.07) is 0. The van der Waals surface area contributed by atoms with Gasteiger partial charge in [-0.25, -0.2) is 0 Å². The zero-order valence-electron chi connectivity index (χ0n) is 13.5. The van der Waals surface area contributed by atoms with Crippen LogP contribution in [0.5, 0.6) is 0 Å². The first-order chi connectivity index (χ1) is 9.26. The molecule has 0 spiro atoms. The first-order valence-corrected chi connectivity index (χ1v) is 8.48. The summed E-state index contributed by atoms with van der Waals surface area (Å²) in [5.74, 6) is 0.398. The molecule has 0 heterocycles. The van der Waals surface area contributed by atoms with E-state index in [1.165, 1.54) is 51.4 Å². The minimum atomic E-state index is 0.398. The Bertz CT molecular complexity index is 240. The zero-order valence-corrected chi connectivity index (χ0v) is 13.5. The van der Waals surface area contributed by atoms with E-state index in [4.69, 9.17) is 0 Å². The standard InChI is InChI=1S/C18H34O/c1-4-7-9-11-13-16-17(18(19)14-6-3)15-12-10-8-5-2/h16H,4-15H2,1-3H3/b17-16+. The molecule has 0 saturated carbocycles. The fourth-order valence-corrected chi connectivity index (χ4v) is 2.33. The smallest absolute Gasteiger partial charge is 0.158 e. The van der Waals surface area contributed by atoms with Gasteiger partial charge in [-0.05, 0) is 37.7 Å². The van der Waals surface area contributed by atoms with Crippen molar-refractivity contribution in [2.24, 2.45) is 0 Å². The van der Waals surface area contributed by atoms with E-state index in [-0.39, 0.29) is 0 Å². The predicted octanol–water partition coefficient (Wildman–Crippen LogP) is 6.22. The highest BCUT2D eigenvalue weighted by atomic mass is 16.1. The average molecular weight is 266 g/mol. The highest BCUT2D eigenvalue weighted by molar-refractivity contribution is 5.95. The van der Waals surface area contributed by atoms with Gasteiger partial charge in [-0.3, -0.25) is 4.79 Å². The Hall–Kier alpha value is -0.590. The maximum Gasteiger partial charge on any atom is 0.158 e. The summed E-state index contributed by atoms with van der Waals surface area (Å²) < 4.78 is 0. The molecule has 0 N–H and O–H groups in total. The molecule has 0 aromatic heterocycles. The first kappa shape index (κ1) is 18.4. The van der Waals surface area contributed by atoms with Crippen LogP contribution in [0.4, 0.5) is 0 Å². The Morgan fingerprint density at radius 2 is 1.37 bits per heavy atom. The predicted molar refractivity (Wildman–Crippen MR) is 85.5 cm³/mol. The lowest BCUT2D eigenvalue weighted by molar-refractivity contribution is -0.115. The zero-order chi connectivity index (χ0) is 14.3. The largest absolute Gasteiger partial charge is 0.295 e. The third-order valence-corrected chi connectivity index (χ3v) is 3.58. The number of Topliss-reactive ketones (excluding diaryl/α,β-unsaturated/α-hetero) is 1. The van der Waals surface area contributed by atoms with Crippen LogP contribution in [-0.4, -0.2) is 5.78 Å². The molecule has 0 unspecified atom stereocenters. The number of carbonyl (C=O) groups excluding carboxylic acids is 1. The Labute approximate surface area is 120 Å². The molecule has 0 aromatic rings. The van der Waals surface area contributed by atoms with Crippen LogP contribution in [-0.2, 0) is 4.79 Å². The number of rotatable bonds is 13. The van der Waals surface area contributed by atoms with Crippen molar-refractivity contribution >= 4 is 5.78 Å². The van der Waals surface area contributed by atoms with Crippen molar-refractivity contribution in [2.45, 2.75) is 97.8 Å². The second kappa shape index (κ2) is 13.8. The molecule has 0 aliphatic rings. The van der Waals surface area contributed by atoms with Gasteiger partial charge in [0.25, 0.3) is 0 Å². The molecule has 0 bridgehead atoms. The third kappa shape index (κ3) is 11.0. The molecule has 19 heavy (non-hydrogen) atoms. The van der Waals surface area contributed by atoms with Gasteiger partial charge in [0.15, 0.2) is 5.78 Å². The topological polar surface area (TPSA) is 17.1 Å². The molecule has 0 aliphatic heterocycles. The van der Waals surface area contributed by atoms with Crippen LogP contribution >= 0.6 is 0 Å². The van der Waals surface area contributed by atoms with Crippen molar-refractivity contribution in [2.75, 3.05) is 0 Å². The summed E-state index contributed by atoms with van der Waals surface area (Å²) in [5.41, 5.74) is 1.12. The van der Waals surface area contributed by atoms with Gasteiger partial charge in [-0.2, -0.15) is 0 Å². The van der Waals surface area contributed by atoms with Crippen molar-refractivity contribution in [3.63, 3.8) is 0 Å². The molecule has 0 radical (unpaired) electrons. The molecule has 0 fully saturated rings. The van der Waals surface area contributed by atoms with E-state index in [0.29, 0.717) is 5.78 Å². The van der Waals surface area contributed by atoms with E-state index in [0.717, 1.165) is 31.3 Å². The second-order valence-corrected chi connectivity index (χ2v) is 5.56.